The van der Waals surface area contributed by atoms with E-state index in [2.05, 4.69) is 30.0 Å². The number of hydrogen-bond donors (Lipinski definition) is 0. The molecular formula is C25H15IrN2O-. The fourth-order valence-corrected chi connectivity index (χ4v) is 3.62. The Bertz CT molecular complexity index is 1400. The summed E-state index contributed by atoms with van der Waals surface area (Å²) in [5, 5.41) is 2.16. The molecule has 0 aliphatic heterocycles. The van der Waals surface area contributed by atoms with Crippen molar-refractivity contribution in [2.45, 2.75) is 6.92 Å². The molecular weight excluding hydrogens is 537 g/mol. The molecule has 3 aromatic carbocycles. The minimum atomic E-state index is 0. The molecule has 5 aromatic rings. The van der Waals surface area contributed by atoms with Crippen molar-refractivity contribution in [2.75, 3.05) is 0 Å². The zero-order valence-electron chi connectivity index (χ0n) is 15.6. The Balaban J connectivity index is 0.00000205. The van der Waals surface area contributed by atoms with Gasteiger partial charge in [-0.15, -0.1) is 18.2 Å². The number of rotatable bonds is 2. The van der Waals surface area contributed by atoms with Crippen LogP contribution in [0.3, 0.4) is 0 Å². The summed E-state index contributed by atoms with van der Waals surface area (Å²) in [4.78, 5) is 8.21. The van der Waals surface area contributed by atoms with Crippen LogP contribution in [0.25, 0.3) is 49.2 Å². The number of benzene rings is 3. The molecule has 0 saturated carbocycles. The van der Waals surface area contributed by atoms with Crippen molar-refractivity contribution in [2.24, 2.45) is 0 Å². The van der Waals surface area contributed by atoms with Gasteiger partial charge >= 0.3 is 0 Å². The second kappa shape index (κ2) is 7.64. The molecule has 0 spiro atoms. The maximum Gasteiger partial charge on any atom is 0.187 e. The molecule has 0 unspecified atom stereocenters. The van der Waals surface area contributed by atoms with Gasteiger partial charge in [0, 0.05) is 31.7 Å². The second-order valence-electron chi connectivity index (χ2n) is 6.74. The van der Waals surface area contributed by atoms with Crippen LogP contribution in [-0.4, -0.2) is 4.98 Å². The van der Waals surface area contributed by atoms with E-state index in [9.17, 15) is 0 Å². The van der Waals surface area contributed by atoms with Gasteiger partial charge in [-0.25, -0.2) is 4.85 Å². The van der Waals surface area contributed by atoms with Gasteiger partial charge in [0.25, 0.3) is 0 Å². The Kier molecular flexibility index (Phi) is 5.03. The molecule has 4 heteroatoms. The number of aryl methyl sites for hydroxylation is 1. The molecule has 2 aromatic heterocycles. The first-order valence-corrected chi connectivity index (χ1v) is 9.01. The van der Waals surface area contributed by atoms with E-state index in [0.717, 1.165) is 49.9 Å². The molecule has 0 bridgehead atoms. The molecule has 3 nitrogen and oxygen atoms in total. The molecule has 141 valence electrons. The fourth-order valence-electron chi connectivity index (χ4n) is 3.62. The van der Waals surface area contributed by atoms with Crippen LogP contribution in [0.5, 0.6) is 0 Å². The molecule has 29 heavy (non-hydrogen) atoms. The summed E-state index contributed by atoms with van der Waals surface area (Å²) in [6, 6.07) is 24.9. The predicted molar refractivity (Wildman–Crippen MR) is 112 cm³/mol. The molecule has 0 amide bonds. The maximum absolute atomic E-state index is 7.22. The van der Waals surface area contributed by atoms with E-state index in [1.54, 1.807) is 0 Å². The summed E-state index contributed by atoms with van der Waals surface area (Å²) >= 11 is 0. The number of aromatic nitrogens is 1. The standard InChI is InChI=1S/C25H15N2O.Ir/c1-16-13-23(27-15-22(16)17-7-5-8-18(14-17)26-2)21-11-6-10-20-19-9-3-4-12-24(19)28-25(20)21;/h3-10,12-15H,1H3;/q-1;. The number of para-hydroxylation sites is 1. The summed E-state index contributed by atoms with van der Waals surface area (Å²) in [7, 11) is 0. The Morgan fingerprint density at radius 1 is 1.00 bits per heavy atom. The van der Waals surface area contributed by atoms with E-state index in [-0.39, 0.29) is 20.1 Å². The number of nitrogens with zero attached hydrogens (tertiary/aromatic N) is 2. The monoisotopic (exact) mass is 552 g/mol. The van der Waals surface area contributed by atoms with E-state index in [1.807, 2.05) is 60.8 Å². The quantitative estimate of drug-likeness (QED) is 0.222. The molecule has 2 heterocycles. The van der Waals surface area contributed by atoms with Crippen LogP contribution in [0.1, 0.15) is 5.56 Å². The first-order chi connectivity index (χ1) is 13.7. The molecule has 5 rings (SSSR count). The fraction of sp³-hybridized carbons (Fsp3) is 0.0400. The van der Waals surface area contributed by atoms with Gasteiger partial charge in [0.05, 0.1) is 12.2 Å². The van der Waals surface area contributed by atoms with Gasteiger partial charge in [0.15, 0.2) is 5.69 Å². The van der Waals surface area contributed by atoms with E-state index in [1.165, 1.54) is 0 Å². The molecule has 0 fully saturated rings. The zero-order valence-corrected chi connectivity index (χ0v) is 18.0. The van der Waals surface area contributed by atoms with Crippen LogP contribution in [0.15, 0.2) is 77.3 Å². The average Bonchev–Trinajstić information content (AvgIpc) is 3.12. The SMILES string of the molecule is [C-]#[N+]c1cccc(-c2cnc(-c3[c-]ccc4c3oc3ccccc34)cc2C)c1.[Ir]. The first-order valence-electron chi connectivity index (χ1n) is 9.01. The first kappa shape index (κ1) is 19.1. The van der Waals surface area contributed by atoms with E-state index in [4.69, 9.17) is 16.0 Å². The van der Waals surface area contributed by atoms with Gasteiger partial charge in [-0.2, -0.15) is 0 Å². The molecule has 0 aliphatic rings. The van der Waals surface area contributed by atoms with E-state index in [0.29, 0.717) is 5.69 Å². The van der Waals surface area contributed by atoms with Crippen molar-refractivity contribution < 1.29 is 24.5 Å². The van der Waals surface area contributed by atoms with Crippen LogP contribution in [0, 0.1) is 19.6 Å². The second-order valence-corrected chi connectivity index (χ2v) is 6.74. The summed E-state index contributed by atoms with van der Waals surface area (Å²) in [5.41, 5.74) is 7.09. The molecule has 0 saturated heterocycles. The third-order valence-corrected chi connectivity index (χ3v) is 4.99. The van der Waals surface area contributed by atoms with Gasteiger partial charge in [-0.3, -0.25) is 0 Å². The number of hydrogen-bond acceptors (Lipinski definition) is 2. The Morgan fingerprint density at radius 3 is 2.69 bits per heavy atom. The van der Waals surface area contributed by atoms with Gasteiger partial charge in [0.1, 0.15) is 5.58 Å². The van der Waals surface area contributed by atoms with E-state index < -0.39 is 0 Å². The summed E-state index contributed by atoms with van der Waals surface area (Å²) in [6.45, 7) is 9.28. The smallest absolute Gasteiger partial charge is 0.187 e. The van der Waals surface area contributed by atoms with Crippen molar-refractivity contribution in [3.63, 3.8) is 0 Å². The largest absolute Gasteiger partial charge is 0.501 e. The van der Waals surface area contributed by atoms with Crippen LogP contribution < -0.4 is 0 Å². The number of furan rings is 1. The van der Waals surface area contributed by atoms with Crippen molar-refractivity contribution in [1.29, 1.82) is 0 Å². The molecule has 0 N–H and O–H groups in total. The summed E-state index contributed by atoms with van der Waals surface area (Å²) in [5.74, 6) is 0. The van der Waals surface area contributed by atoms with Gasteiger partial charge in [-0.1, -0.05) is 53.4 Å². The Morgan fingerprint density at radius 2 is 1.86 bits per heavy atom. The van der Waals surface area contributed by atoms with Gasteiger partial charge < -0.3 is 9.40 Å². The Labute approximate surface area is 182 Å². The zero-order chi connectivity index (χ0) is 19.1. The van der Waals surface area contributed by atoms with E-state index >= 15 is 0 Å². The van der Waals surface area contributed by atoms with Crippen molar-refractivity contribution in [3.05, 3.63) is 96.0 Å². The van der Waals surface area contributed by atoms with Crippen LogP contribution in [-0.2, 0) is 20.1 Å². The van der Waals surface area contributed by atoms with Gasteiger partial charge in [-0.05, 0) is 41.4 Å². The topological polar surface area (TPSA) is 30.4 Å². The summed E-state index contributed by atoms with van der Waals surface area (Å²) in [6.07, 6.45) is 1.86. The molecule has 0 aliphatic carbocycles. The molecule has 1 radical (unpaired) electrons. The Hall–Kier alpha value is -3.25. The maximum atomic E-state index is 7.22. The van der Waals surface area contributed by atoms with Crippen molar-refractivity contribution >= 4 is 27.6 Å². The average molecular weight is 552 g/mol. The molecule has 0 atom stereocenters. The summed E-state index contributed by atoms with van der Waals surface area (Å²) < 4.78 is 6.12. The third-order valence-electron chi connectivity index (χ3n) is 4.99. The van der Waals surface area contributed by atoms with Crippen LogP contribution in [0.2, 0.25) is 0 Å². The van der Waals surface area contributed by atoms with Crippen molar-refractivity contribution in [1.82, 2.24) is 4.98 Å². The number of pyridine rings is 1. The minimum absolute atomic E-state index is 0. The van der Waals surface area contributed by atoms with Crippen molar-refractivity contribution in [3.8, 4) is 22.4 Å². The van der Waals surface area contributed by atoms with Crippen LogP contribution >= 0.6 is 0 Å². The third kappa shape index (κ3) is 3.25. The number of fused-ring (bicyclic) bond motifs is 3. The normalized spacial score (nSPS) is 10.6. The van der Waals surface area contributed by atoms with Gasteiger partial charge in [0.2, 0.25) is 0 Å². The van der Waals surface area contributed by atoms with Crippen LogP contribution in [0.4, 0.5) is 5.69 Å². The minimum Gasteiger partial charge on any atom is -0.501 e. The predicted octanol–water partition coefficient (Wildman–Crippen LogP) is 6.97.